The Morgan fingerprint density at radius 2 is 2.21 bits per heavy atom. The highest BCUT2D eigenvalue weighted by atomic mass is 16.6. The number of nitro benzene ring substituents is 1. The monoisotopic (exact) mass is 261 g/mol. The van der Waals surface area contributed by atoms with E-state index in [1.165, 1.54) is 24.3 Å². The molecule has 1 rings (SSSR count). The maximum Gasteiger partial charge on any atom is 0.328 e. The van der Waals surface area contributed by atoms with Crippen LogP contribution < -0.4 is 0 Å². The lowest BCUT2D eigenvalue weighted by Gasteiger charge is -2.02. The molecule has 0 bridgehead atoms. The van der Waals surface area contributed by atoms with Gasteiger partial charge in [-0.1, -0.05) is 0 Å². The first-order chi connectivity index (χ1) is 9.08. The topological polar surface area (TPSA) is 106 Å². The lowest BCUT2D eigenvalue weighted by atomic mass is 10.2. The highest BCUT2D eigenvalue weighted by Crippen LogP contribution is 2.17. The average Bonchev–Trinajstić information content (AvgIpc) is 2.40. The minimum atomic E-state index is -1.09. The highest BCUT2D eigenvalue weighted by molar-refractivity contribution is 5.93. The molecule has 0 fully saturated rings. The third-order valence-corrected chi connectivity index (χ3v) is 2.11. The van der Waals surface area contributed by atoms with Gasteiger partial charge in [0.05, 0.1) is 23.3 Å². The molecule has 1 atom stereocenters. The Kier molecular flexibility index (Phi) is 5.17. The van der Waals surface area contributed by atoms with Crippen molar-refractivity contribution >= 4 is 23.6 Å². The predicted octanol–water partition coefficient (Wildman–Crippen LogP) is 2.00. The van der Waals surface area contributed by atoms with Crippen LogP contribution in [0.25, 0.3) is 0 Å². The minimum Gasteiger partial charge on any atom is -0.465 e. The fraction of sp³-hybridized carbons (Fsp3) is 0.250. The van der Waals surface area contributed by atoms with Crippen LogP contribution in [0.1, 0.15) is 6.92 Å². The lowest BCUT2D eigenvalue weighted by Crippen LogP contribution is -2.17. The molecule has 0 amide bonds. The summed E-state index contributed by atoms with van der Waals surface area (Å²) >= 11 is 0. The summed E-state index contributed by atoms with van der Waals surface area (Å²) in [6, 6.07) is 7.18. The van der Waals surface area contributed by atoms with E-state index in [0.717, 1.165) is 6.21 Å². The van der Waals surface area contributed by atoms with Gasteiger partial charge in [0.15, 0.2) is 5.92 Å². The molecule has 98 valence electrons. The number of nitrogens with zero attached hydrogens (tertiary/aromatic N) is 3. The van der Waals surface area contributed by atoms with Crippen LogP contribution in [0.2, 0.25) is 0 Å². The summed E-state index contributed by atoms with van der Waals surface area (Å²) in [5.74, 6) is -1.76. The number of carbonyl (C=O) groups excluding carboxylic acids is 1. The number of benzene rings is 1. The largest absolute Gasteiger partial charge is 0.465 e. The molecule has 0 aliphatic rings. The van der Waals surface area contributed by atoms with Crippen LogP contribution in [-0.2, 0) is 9.53 Å². The van der Waals surface area contributed by atoms with Crippen molar-refractivity contribution in [3.63, 3.8) is 0 Å². The molecule has 1 aromatic rings. The zero-order valence-electron chi connectivity index (χ0n) is 10.1. The molecule has 19 heavy (non-hydrogen) atoms. The Hall–Kier alpha value is -2.75. The van der Waals surface area contributed by atoms with Gasteiger partial charge in [0.2, 0.25) is 0 Å². The Morgan fingerprint density at radius 1 is 1.58 bits per heavy atom. The Labute approximate surface area is 109 Å². The molecule has 0 radical (unpaired) electrons. The van der Waals surface area contributed by atoms with Gasteiger partial charge < -0.3 is 4.74 Å². The summed E-state index contributed by atoms with van der Waals surface area (Å²) in [4.78, 5) is 25.1. The third kappa shape index (κ3) is 4.20. The SMILES string of the molecule is CCOC(=O)C(C#N)C=Nc1ccc([N+](=O)[O-])cc1. The molecule has 0 saturated carbocycles. The molecule has 7 nitrogen and oxygen atoms in total. The van der Waals surface area contributed by atoms with E-state index in [0.29, 0.717) is 5.69 Å². The molecule has 0 spiro atoms. The van der Waals surface area contributed by atoms with Crippen molar-refractivity contribution in [3.8, 4) is 6.07 Å². The van der Waals surface area contributed by atoms with Crippen molar-refractivity contribution in [2.24, 2.45) is 10.9 Å². The fourth-order valence-corrected chi connectivity index (χ4v) is 1.20. The van der Waals surface area contributed by atoms with Crippen LogP contribution in [0.5, 0.6) is 0 Å². The summed E-state index contributed by atoms with van der Waals surface area (Å²) in [5, 5.41) is 19.2. The van der Waals surface area contributed by atoms with Crippen LogP contribution in [0.3, 0.4) is 0 Å². The number of hydrogen-bond donors (Lipinski definition) is 0. The maximum absolute atomic E-state index is 11.3. The molecule has 0 saturated heterocycles. The van der Waals surface area contributed by atoms with Gasteiger partial charge in [-0.15, -0.1) is 0 Å². The van der Waals surface area contributed by atoms with Crippen molar-refractivity contribution in [1.82, 2.24) is 0 Å². The summed E-state index contributed by atoms with van der Waals surface area (Å²) in [6.45, 7) is 1.82. The van der Waals surface area contributed by atoms with E-state index >= 15 is 0 Å². The molecule has 0 aliphatic heterocycles. The molecular weight excluding hydrogens is 250 g/mol. The number of nitro groups is 1. The van der Waals surface area contributed by atoms with E-state index < -0.39 is 16.8 Å². The second-order valence-corrected chi connectivity index (χ2v) is 3.41. The summed E-state index contributed by atoms with van der Waals surface area (Å²) < 4.78 is 4.69. The first kappa shape index (κ1) is 14.3. The number of rotatable bonds is 5. The molecular formula is C12H11N3O4. The van der Waals surface area contributed by atoms with Crippen molar-refractivity contribution in [1.29, 1.82) is 5.26 Å². The number of hydrogen-bond acceptors (Lipinski definition) is 6. The van der Waals surface area contributed by atoms with Crippen molar-refractivity contribution < 1.29 is 14.5 Å². The Morgan fingerprint density at radius 3 is 2.68 bits per heavy atom. The standard InChI is InChI=1S/C12H11N3O4/c1-2-19-12(16)9(7-13)8-14-10-3-5-11(6-4-10)15(17)18/h3-6,8-9H,2H2,1H3. The van der Waals surface area contributed by atoms with E-state index in [9.17, 15) is 14.9 Å². The molecule has 1 aromatic carbocycles. The van der Waals surface area contributed by atoms with Gasteiger partial charge in [-0.3, -0.25) is 19.9 Å². The van der Waals surface area contributed by atoms with Crippen LogP contribution in [0.4, 0.5) is 11.4 Å². The number of non-ortho nitro benzene ring substituents is 1. The second-order valence-electron chi connectivity index (χ2n) is 3.41. The Balaban J connectivity index is 2.77. The number of nitriles is 1. The second kappa shape index (κ2) is 6.86. The molecule has 0 aromatic heterocycles. The van der Waals surface area contributed by atoms with E-state index in [-0.39, 0.29) is 12.3 Å². The van der Waals surface area contributed by atoms with E-state index in [1.807, 2.05) is 0 Å². The minimum absolute atomic E-state index is 0.0545. The van der Waals surface area contributed by atoms with Gasteiger partial charge in [-0.05, 0) is 19.1 Å². The van der Waals surface area contributed by atoms with Crippen LogP contribution in [0, 0.1) is 27.4 Å². The maximum atomic E-state index is 11.3. The quantitative estimate of drug-likeness (QED) is 0.349. The number of esters is 1. The Bertz CT molecular complexity index is 531. The van der Waals surface area contributed by atoms with Crippen molar-refractivity contribution in [2.75, 3.05) is 6.61 Å². The van der Waals surface area contributed by atoms with Gasteiger partial charge in [-0.2, -0.15) is 5.26 Å². The number of aliphatic imine (C=N–C) groups is 1. The van der Waals surface area contributed by atoms with E-state index in [1.54, 1.807) is 13.0 Å². The number of carbonyl (C=O) groups is 1. The summed E-state index contributed by atoms with van der Waals surface area (Å²) in [5.41, 5.74) is 0.358. The summed E-state index contributed by atoms with van der Waals surface area (Å²) in [6.07, 6.45) is 1.15. The van der Waals surface area contributed by atoms with Crippen LogP contribution in [0.15, 0.2) is 29.3 Å². The molecule has 7 heteroatoms. The van der Waals surface area contributed by atoms with Crippen LogP contribution >= 0.6 is 0 Å². The third-order valence-electron chi connectivity index (χ3n) is 2.11. The molecule has 0 N–H and O–H groups in total. The number of ether oxygens (including phenoxy) is 1. The average molecular weight is 261 g/mol. The zero-order chi connectivity index (χ0) is 14.3. The van der Waals surface area contributed by atoms with Gasteiger partial charge in [0.25, 0.3) is 5.69 Å². The van der Waals surface area contributed by atoms with Crippen LogP contribution in [-0.4, -0.2) is 23.7 Å². The fourth-order valence-electron chi connectivity index (χ4n) is 1.20. The smallest absolute Gasteiger partial charge is 0.328 e. The van der Waals surface area contributed by atoms with E-state index in [4.69, 9.17) is 10.00 Å². The zero-order valence-corrected chi connectivity index (χ0v) is 10.1. The molecule has 0 heterocycles. The van der Waals surface area contributed by atoms with E-state index in [2.05, 4.69) is 4.99 Å². The van der Waals surface area contributed by atoms with Gasteiger partial charge >= 0.3 is 5.97 Å². The first-order valence-electron chi connectivity index (χ1n) is 5.43. The van der Waals surface area contributed by atoms with Gasteiger partial charge in [0, 0.05) is 18.3 Å². The predicted molar refractivity (Wildman–Crippen MR) is 67.0 cm³/mol. The van der Waals surface area contributed by atoms with Crippen molar-refractivity contribution in [2.45, 2.75) is 6.92 Å². The van der Waals surface area contributed by atoms with Gasteiger partial charge in [-0.25, -0.2) is 0 Å². The first-order valence-corrected chi connectivity index (χ1v) is 5.43. The molecule has 0 aliphatic carbocycles. The normalized spacial score (nSPS) is 11.8. The van der Waals surface area contributed by atoms with Crippen molar-refractivity contribution in [3.05, 3.63) is 34.4 Å². The lowest BCUT2D eigenvalue weighted by molar-refractivity contribution is -0.384. The molecule has 1 unspecified atom stereocenters. The highest BCUT2D eigenvalue weighted by Gasteiger charge is 2.16. The van der Waals surface area contributed by atoms with Gasteiger partial charge in [0.1, 0.15) is 0 Å². The summed E-state index contributed by atoms with van der Waals surface area (Å²) in [7, 11) is 0.